The Morgan fingerprint density at radius 2 is 2.19 bits per heavy atom. The quantitative estimate of drug-likeness (QED) is 0.719. The third kappa shape index (κ3) is 2.47. The molecule has 1 aliphatic carbocycles. The second-order valence-corrected chi connectivity index (χ2v) is 4.75. The summed E-state index contributed by atoms with van der Waals surface area (Å²) in [4.78, 5) is 0. The van der Waals surface area contributed by atoms with Gasteiger partial charge in [0.25, 0.3) is 0 Å². The van der Waals surface area contributed by atoms with Crippen LogP contribution in [0.25, 0.3) is 0 Å². The molecular weight excluding hydrogens is 204 g/mol. The predicted octanol–water partition coefficient (Wildman–Crippen LogP) is 1.11. The van der Waals surface area contributed by atoms with Crippen molar-refractivity contribution in [2.75, 3.05) is 17.6 Å². The summed E-state index contributed by atoms with van der Waals surface area (Å²) in [5.41, 5.74) is 5.82. The van der Waals surface area contributed by atoms with Crippen LogP contribution >= 0.6 is 0 Å². The highest BCUT2D eigenvalue weighted by Gasteiger charge is 2.29. The Kier molecular flexibility index (Phi) is 3.05. The largest absolute Gasteiger partial charge is 0.394 e. The van der Waals surface area contributed by atoms with Gasteiger partial charge in [-0.2, -0.15) is 5.10 Å². The molecule has 0 bridgehead atoms. The topological polar surface area (TPSA) is 76.1 Å². The summed E-state index contributed by atoms with van der Waals surface area (Å²) in [6.07, 6.45) is 6.94. The summed E-state index contributed by atoms with van der Waals surface area (Å²) in [6.45, 7) is 0.536. The molecule has 0 saturated heterocycles. The third-order valence-corrected chi connectivity index (χ3v) is 3.23. The third-order valence-electron chi connectivity index (χ3n) is 3.23. The smallest absolute Gasteiger partial charge is 0.171 e. The van der Waals surface area contributed by atoms with Crippen LogP contribution in [0.15, 0.2) is 6.20 Å². The molecule has 0 atom stereocenters. The lowest BCUT2D eigenvalue weighted by Gasteiger charge is -2.32. The van der Waals surface area contributed by atoms with Crippen LogP contribution in [0.5, 0.6) is 0 Å². The molecule has 0 amide bonds. The zero-order valence-electron chi connectivity index (χ0n) is 9.74. The Balaban J connectivity index is 1.93. The van der Waals surface area contributed by atoms with Crippen LogP contribution < -0.4 is 11.1 Å². The lowest BCUT2D eigenvalue weighted by Crippen LogP contribution is -2.39. The van der Waals surface area contributed by atoms with E-state index < -0.39 is 5.60 Å². The molecule has 1 aliphatic rings. The highest BCUT2D eigenvalue weighted by Crippen LogP contribution is 2.28. The van der Waals surface area contributed by atoms with Crippen molar-refractivity contribution in [3.8, 4) is 0 Å². The fourth-order valence-electron chi connectivity index (χ4n) is 2.28. The highest BCUT2D eigenvalue weighted by atomic mass is 16.3. The Labute approximate surface area is 95.6 Å². The molecule has 1 heterocycles. The maximum absolute atomic E-state index is 10.3. The van der Waals surface area contributed by atoms with Gasteiger partial charge in [0.05, 0.1) is 11.3 Å². The zero-order valence-corrected chi connectivity index (χ0v) is 9.74. The maximum atomic E-state index is 10.3. The van der Waals surface area contributed by atoms with Crippen LogP contribution in [0, 0.1) is 0 Å². The number of hydrogen-bond acceptors (Lipinski definition) is 4. The van der Waals surface area contributed by atoms with Gasteiger partial charge in [0.1, 0.15) is 0 Å². The average Bonchev–Trinajstić information content (AvgIpc) is 2.56. The van der Waals surface area contributed by atoms with E-state index in [9.17, 15) is 5.11 Å². The molecule has 0 radical (unpaired) electrons. The van der Waals surface area contributed by atoms with Crippen molar-refractivity contribution in [3.63, 3.8) is 0 Å². The zero-order chi connectivity index (χ0) is 11.6. The number of nitrogens with two attached hydrogens (primary N) is 1. The Morgan fingerprint density at radius 1 is 1.50 bits per heavy atom. The van der Waals surface area contributed by atoms with Crippen molar-refractivity contribution in [2.45, 2.75) is 37.7 Å². The van der Waals surface area contributed by atoms with E-state index in [0.29, 0.717) is 18.1 Å². The summed E-state index contributed by atoms with van der Waals surface area (Å²) in [5.74, 6) is 0.668. The van der Waals surface area contributed by atoms with Crippen molar-refractivity contribution < 1.29 is 5.11 Å². The lowest BCUT2D eigenvalue weighted by atomic mass is 9.85. The van der Waals surface area contributed by atoms with E-state index in [1.54, 1.807) is 10.9 Å². The minimum atomic E-state index is -0.581. The number of aromatic nitrogens is 2. The number of hydrogen-bond donors (Lipinski definition) is 3. The number of anilines is 2. The van der Waals surface area contributed by atoms with Gasteiger partial charge in [0.15, 0.2) is 5.82 Å². The molecule has 0 unspecified atom stereocenters. The fraction of sp³-hybridized carbons (Fsp3) is 0.727. The predicted molar refractivity (Wildman–Crippen MR) is 64.1 cm³/mol. The summed E-state index contributed by atoms with van der Waals surface area (Å²) in [7, 11) is 1.83. The molecule has 5 heteroatoms. The number of nitrogen functional groups attached to an aromatic ring is 1. The molecular formula is C11H20N4O. The van der Waals surface area contributed by atoms with Gasteiger partial charge in [-0.15, -0.1) is 0 Å². The van der Waals surface area contributed by atoms with Crippen LogP contribution in [0.4, 0.5) is 11.5 Å². The number of aryl methyl sites for hydroxylation is 1. The van der Waals surface area contributed by atoms with Crippen LogP contribution in [-0.4, -0.2) is 27.0 Å². The first-order chi connectivity index (χ1) is 7.59. The van der Waals surface area contributed by atoms with Crippen LogP contribution in [0.2, 0.25) is 0 Å². The van der Waals surface area contributed by atoms with E-state index in [0.717, 1.165) is 25.7 Å². The standard InChI is InChI=1S/C11H20N4O/c1-15-7-9(12)10(14-15)13-8-11(16)5-3-2-4-6-11/h7,16H,2-6,8,12H2,1H3,(H,13,14). The van der Waals surface area contributed by atoms with Crippen molar-refractivity contribution in [2.24, 2.45) is 7.05 Å². The van der Waals surface area contributed by atoms with Crippen LogP contribution in [0.3, 0.4) is 0 Å². The lowest BCUT2D eigenvalue weighted by molar-refractivity contribution is 0.0166. The molecule has 2 rings (SSSR count). The van der Waals surface area contributed by atoms with Gasteiger partial charge in [0.2, 0.25) is 0 Å². The number of nitrogens with one attached hydrogen (secondary N) is 1. The molecule has 0 aliphatic heterocycles. The minimum absolute atomic E-state index is 0.536. The van der Waals surface area contributed by atoms with E-state index in [2.05, 4.69) is 10.4 Å². The van der Waals surface area contributed by atoms with Gasteiger partial charge in [0, 0.05) is 19.8 Å². The first-order valence-electron chi connectivity index (χ1n) is 5.84. The normalized spacial score (nSPS) is 19.6. The summed E-state index contributed by atoms with van der Waals surface area (Å²) < 4.78 is 1.67. The van der Waals surface area contributed by atoms with Gasteiger partial charge in [-0.3, -0.25) is 4.68 Å². The van der Waals surface area contributed by atoms with E-state index in [-0.39, 0.29) is 0 Å². The van der Waals surface area contributed by atoms with E-state index in [1.165, 1.54) is 6.42 Å². The molecule has 1 aromatic rings. The van der Waals surface area contributed by atoms with Gasteiger partial charge in [-0.25, -0.2) is 0 Å². The fourth-order valence-corrected chi connectivity index (χ4v) is 2.28. The molecule has 90 valence electrons. The number of rotatable bonds is 3. The molecule has 1 aromatic heterocycles. The van der Waals surface area contributed by atoms with Crippen LogP contribution in [-0.2, 0) is 7.05 Å². The Hall–Kier alpha value is -1.23. The number of nitrogens with zero attached hydrogens (tertiary/aromatic N) is 2. The number of aliphatic hydroxyl groups is 1. The molecule has 1 saturated carbocycles. The van der Waals surface area contributed by atoms with Crippen molar-refractivity contribution >= 4 is 11.5 Å². The highest BCUT2D eigenvalue weighted by molar-refractivity contribution is 5.59. The first-order valence-corrected chi connectivity index (χ1v) is 5.84. The summed E-state index contributed by atoms with van der Waals surface area (Å²) in [6, 6.07) is 0. The first kappa shape index (κ1) is 11.3. The molecule has 1 fully saturated rings. The average molecular weight is 224 g/mol. The molecule has 0 spiro atoms. The van der Waals surface area contributed by atoms with Crippen LogP contribution in [0.1, 0.15) is 32.1 Å². The molecule has 5 nitrogen and oxygen atoms in total. The SMILES string of the molecule is Cn1cc(N)c(NCC2(O)CCCCC2)n1. The van der Waals surface area contributed by atoms with Crippen molar-refractivity contribution in [1.29, 1.82) is 0 Å². The molecule has 0 aromatic carbocycles. The monoisotopic (exact) mass is 224 g/mol. The molecule has 16 heavy (non-hydrogen) atoms. The van der Waals surface area contributed by atoms with E-state index in [4.69, 9.17) is 5.73 Å². The van der Waals surface area contributed by atoms with Gasteiger partial charge in [-0.1, -0.05) is 19.3 Å². The van der Waals surface area contributed by atoms with Gasteiger partial charge < -0.3 is 16.2 Å². The second kappa shape index (κ2) is 4.33. The van der Waals surface area contributed by atoms with E-state index in [1.807, 2.05) is 7.05 Å². The van der Waals surface area contributed by atoms with E-state index >= 15 is 0 Å². The summed E-state index contributed by atoms with van der Waals surface area (Å²) >= 11 is 0. The van der Waals surface area contributed by atoms with Gasteiger partial charge in [-0.05, 0) is 12.8 Å². The Morgan fingerprint density at radius 3 is 2.75 bits per heavy atom. The van der Waals surface area contributed by atoms with Crippen molar-refractivity contribution in [1.82, 2.24) is 9.78 Å². The second-order valence-electron chi connectivity index (χ2n) is 4.75. The van der Waals surface area contributed by atoms with Gasteiger partial charge >= 0.3 is 0 Å². The summed E-state index contributed by atoms with van der Waals surface area (Å²) in [5, 5.41) is 17.6. The minimum Gasteiger partial charge on any atom is -0.394 e. The Bertz CT molecular complexity index is 355. The molecule has 4 N–H and O–H groups in total. The maximum Gasteiger partial charge on any atom is 0.171 e. The van der Waals surface area contributed by atoms with Crippen molar-refractivity contribution in [3.05, 3.63) is 6.20 Å².